The van der Waals surface area contributed by atoms with Gasteiger partial charge in [0.25, 0.3) is 0 Å². The maximum atomic E-state index is 5.65. The van der Waals surface area contributed by atoms with Gasteiger partial charge in [-0.3, -0.25) is 0 Å². The lowest BCUT2D eigenvalue weighted by Crippen LogP contribution is -2.19. The van der Waals surface area contributed by atoms with Gasteiger partial charge < -0.3 is 14.8 Å². The van der Waals surface area contributed by atoms with Gasteiger partial charge in [0.1, 0.15) is 13.2 Å². The average Bonchev–Trinajstić information content (AvgIpc) is 2.50. The normalized spacial score (nSPS) is 13.2. The van der Waals surface area contributed by atoms with Crippen molar-refractivity contribution in [2.24, 2.45) is 0 Å². The smallest absolute Gasteiger partial charge is 0.162 e. The van der Waals surface area contributed by atoms with E-state index in [1.165, 1.54) is 10.5 Å². The lowest BCUT2D eigenvalue weighted by molar-refractivity contribution is 0.171. The van der Waals surface area contributed by atoms with Gasteiger partial charge in [-0.2, -0.15) is 11.8 Å². The zero-order valence-corrected chi connectivity index (χ0v) is 13.4. The predicted molar refractivity (Wildman–Crippen MR) is 88.4 cm³/mol. The Morgan fingerprint density at radius 1 is 1.30 bits per heavy atom. The molecule has 110 valence electrons. The summed E-state index contributed by atoms with van der Waals surface area (Å²) in [6, 6.07) is 4.19. The Balaban J connectivity index is 1.91. The van der Waals surface area contributed by atoms with E-state index >= 15 is 0 Å². The van der Waals surface area contributed by atoms with Crippen molar-refractivity contribution in [3.05, 3.63) is 30.4 Å². The summed E-state index contributed by atoms with van der Waals surface area (Å²) < 4.78 is 11.3. The molecular weight excluding hydrogens is 290 g/mol. The van der Waals surface area contributed by atoms with Crippen molar-refractivity contribution in [3.8, 4) is 11.5 Å². The summed E-state index contributed by atoms with van der Waals surface area (Å²) in [5, 5.41) is 3.48. The van der Waals surface area contributed by atoms with Crippen LogP contribution in [0.2, 0.25) is 0 Å². The molecule has 0 bridgehead atoms. The Morgan fingerprint density at radius 3 is 2.75 bits per heavy atom. The molecule has 0 aromatic heterocycles. The van der Waals surface area contributed by atoms with Crippen molar-refractivity contribution in [3.63, 3.8) is 0 Å². The molecule has 1 aliphatic heterocycles. The number of hydrogen-bond donors (Lipinski definition) is 1. The molecule has 0 unspecified atom stereocenters. The van der Waals surface area contributed by atoms with Gasteiger partial charge in [-0.25, -0.2) is 0 Å². The summed E-state index contributed by atoms with van der Waals surface area (Å²) in [5.74, 6) is 3.85. The fourth-order valence-corrected chi connectivity index (χ4v) is 3.21. The van der Waals surface area contributed by atoms with Crippen LogP contribution in [0.4, 0.5) is 0 Å². The molecule has 1 N–H and O–H groups in total. The van der Waals surface area contributed by atoms with E-state index in [9.17, 15) is 0 Å². The Bertz CT molecular complexity index is 452. The third kappa shape index (κ3) is 4.36. The topological polar surface area (TPSA) is 30.5 Å². The maximum Gasteiger partial charge on any atom is 0.162 e. The Labute approximate surface area is 129 Å². The second-order valence-electron chi connectivity index (χ2n) is 4.35. The van der Waals surface area contributed by atoms with E-state index in [0.717, 1.165) is 36.1 Å². The summed E-state index contributed by atoms with van der Waals surface area (Å²) >= 11 is 3.64. The summed E-state index contributed by atoms with van der Waals surface area (Å²) in [4.78, 5) is 1.25. The SMILES string of the molecule is C=CCSCCNCc1cc2c(cc1SC)OCCO2. The van der Waals surface area contributed by atoms with Gasteiger partial charge in [0.15, 0.2) is 11.5 Å². The van der Waals surface area contributed by atoms with Crippen LogP contribution in [-0.2, 0) is 6.54 Å². The van der Waals surface area contributed by atoms with Crippen molar-refractivity contribution in [1.82, 2.24) is 5.32 Å². The standard InChI is InChI=1S/C15H21NO2S2/c1-3-7-20-8-4-16-11-12-9-13-14(10-15(12)19-2)18-6-5-17-13/h3,9-10,16H,1,4-8,11H2,2H3. The first-order valence-corrected chi connectivity index (χ1v) is 9.09. The van der Waals surface area contributed by atoms with E-state index in [0.29, 0.717) is 13.2 Å². The van der Waals surface area contributed by atoms with Crippen LogP contribution < -0.4 is 14.8 Å². The second kappa shape index (κ2) is 8.49. The minimum absolute atomic E-state index is 0.636. The maximum absolute atomic E-state index is 5.65. The number of nitrogens with one attached hydrogen (secondary N) is 1. The highest BCUT2D eigenvalue weighted by Gasteiger charge is 2.15. The zero-order chi connectivity index (χ0) is 14.2. The molecule has 1 aliphatic rings. The van der Waals surface area contributed by atoms with Crippen LogP contribution in [0.3, 0.4) is 0 Å². The molecule has 5 heteroatoms. The van der Waals surface area contributed by atoms with Crippen LogP contribution in [0.5, 0.6) is 11.5 Å². The Kier molecular flexibility index (Phi) is 6.63. The molecule has 0 amide bonds. The quantitative estimate of drug-likeness (QED) is 0.452. The van der Waals surface area contributed by atoms with Crippen LogP contribution in [0.15, 0.2) is 29.7 Å². The predicted octanol–water partition coefficient (Wildman–Crippen LogP) is 3.19. The third-order valence-corrected chi connectivity index (χ3v) is 4.70. The Morgan fingerprint density at radius 2 is 2.05 bits per heavy atom. The van der Waals surface area contributed by atoms with E-state index in [4.69, 9.17) is 9.47 Å². The van der Waals surface area contributed by atoms with Crippen LogP contribution in [0.25, 0.3) is 0 Å². The Hall–Kier alpha value is -0.780. The molecule has 20 heavy (non-hydrogen) atoms. The molecule has 1 aromatic carbocycles. The van der Waals surface area contributed by atoms with Gasteiger partial charge in [0.2, 0.25) is 0 Å². The monoisotopic (exact) mass is 311 g/mol. The summed E-state index contributed by atoms with van der Waals surface area (Å²) in [7, 11) is 0. The first-order valence-electron chi connectivity index (χ1n) is 6.71. The van der Waals surface area contributed by atoms with Gasteiger partial charge in [-0.15, -0.1) is 18.3 Å². The van der Waals surface area contributed by atoms with Crippen molar-refractivity contribution in [2.45, 2.75) is 11.4 Å². The average molecular weight is 311 g/mol. The zero-order valence-electron chi connectivity index (χ0n) is 11.8. The molecule has 3 nitrogen and oxygen atoms in total. The van der Waals surface area contributed by atoms with Crippen molar-refractivity contribution in [1.29, 1.82) is 0 Å². The summed E-state index contributed by atoms with van der Waals surface area (Å²) in [6.45, 7) is 6.86. The lowest BCUT2D eigenvalue weighted by Gasteiger charge is -2.21. The molecule has 0 fully saturated rings. The van der Waals surface area contributed by atoms with E-state index in [-0.39, 0.29) is 0 Å². The van der Waals surface area contributed by atoms with Crippen molar-refractivity contribution < 1.29 is 9.47 Å². The molecule has 0 atom stereocenters. The molecule has 1 aromatic rings. The molecule has 0 saturated heterocycles. The van der Waals surface area contributed by atoms with E-state index < -0.39 is 0 Å². The molecule has 0 radical (unpaired) electrons. The van der Waals surface area contributed by atoms with E-state index in [2.05, 4.69) is 30.3 Å². The van der Waals surface area contributed by atoms with Crippen molar-refractivity contribution in [2.75, 3.05) is 37.5 Å². The highest BCUT2D eigenvalue weighted by atomic mass is 32.2. The van der Waals surface area contributed by atoms with Crippen molar-refractivity contribution >= 4 is 23.5 Å². The summed E-state index contributed by atoms with van der Waals surface area (Å²) in [6.07, 6.45) is 4.03. The van der Waals surface area contributed by atoms with Crippen LogP contribution in [-0.4, -0.2) is 37.5 Å². The molecule has 0 saturated carbocycles. The number of benzene rings is 1. The van der Waals surface area contributed by atoms with Gasteiger partial charge in [0, 0.05) is 29.5 Å². The van der Waals surface area contributed by atoms with Gasteiger partial charge in [-0.05, 0) is 24.0 Å². The van der Waals surface area contributed by atoms with Gasteiger partial charge in [0.05, 0.1) is 0 Å². The van der Waals surface area contributed by atoms with Crippen LogP contribution in [0.1, 0.15) is 5.56 Å². The highest BCUT2D eigenvalue weighted by Crippen LogP contribution is 2.36. The number of rotatable bonds is 8. The first kappa shape index (κ1) is 15.6. The fourth-order valence-electron chi connectivity index (χ4n) is 1.97. The fraction of sp³-hybridized carbons (Fsp3) is 0.467. The second-order valence-corrected chi connectivity index (χ2v) is 6.35. The van der Waals surface area contributed by atoms with Crippen LogP contribution >= 0.6 is 23.5 Å². The van der Waals surface area contributed by atoms with Gasteiger partial charge >= 0.3 is 0 Å². The molecule has 0 aliphatic carbocycles. The van der Waals surface area contributed by atoms with E-state index in [1.807, 2.05) is 17.8 Å². The highest BCUT2D eigenvalue weighted by molar-refractivity contribution is 7.99. The molecule has 0 spiro atoms. The minimum Gasteiger partial charge on any atom is -0.486 e. The number of ether oxygens (including phenoxy) is 2. The molecule has 2 rings (SSSR count). The molecule has 1 heterocycles. The number of hydrogen-bond acceptors (Lipinski definition) is 5. The molecular formula is C15H21NO2S2. The first-order chi connectivity index (χ1) is 9.85. The third-order valence-electron chi connectivity index (χ3n) is 2.92. The number of thioether (sulfide) groups is 2. The minimum atomic E-state index is 0.636. The van der Waals surface area contributed by atoms with E-state index in [1.54, 1.807) is 11.8 Å². The summed E-state index contributed by atoms with van der Waals surface area (Å²) in [5.41, 5.74) is 1.27. The van der Waals surface area contributed by atoms with Gasteiger partial charge in [-0.1, -0.05) is 6.08 Å². The largest absolute Gasteiger partial charge is 0.486 e. The number of fused-ring (bicyclic) bond motifs is 1. The van der Waals surface area contributed by atoms with Crippen LogP contribution in [0, 0.1) is 0 Å². The lowest BCUT2D eigenvalue weighted by atomic mass is 10.2.